The lowest BCUT2D eigenvalue weighted by Crippen LogP contribution is -2.49. The lowest BCUT2D eigenvalue weighted by Gasteiger charge is -2.35. The molecule has 1 unspecified atom stereocenters. The summed E-state index contributed by atoms with van der Waals surface area (Å²) in [5, 5.41) is -0.833. The lowest BCUT2D eigenvalue weighted by atomic mass is 9.93. The molecule has 0 aliphatic carbocycles. The molecule has 268 valence electrons. The van der Waals surface area contributed by atoms with Crippen molar-refractivity contribution in [3.05, 3.63) is 59.5 Å². The van der Waals surface area contributed by atoms with E-state index < -0.39 is 80.6 Å². The number of nitrogen functional groups attached to an aromatic ring is 1. The van der Waals surface area contributed by atoms with Crippen LogP contribution in [0.1, 0.15) is 45.1 Å². The third-order valence-electron chi connectivity index (χ3n) is 10.4. The molecule has 5 heterocycles. The van der Waals surface area contributed by atoms with Crippen molar-refractivity contribution in [1.29, 1.82) is 0 Å². The number of aromatic nitrogens is 2. The largest absolute Gasteiger partial charge is 0.471 e. The number of fused-ring (bicyclic) bond motifs is 3. The first-order valence-electron chi connectivity index (χ1n) is 16.2. The number of carbonyl (C=O) groups excluding carboxylic acids is 1. The summed E-state index contributed by atoms with van der Waals surface area (Å²) in [6, 6.07) is 2.11. The number of likely N-dealkylation sites (tertiary alicyclic amines) is 1. The second-order valence-corrected chi connectivity index (χ2v) is 14.7. The highest BCUT2D eigenvalue weighted by atomic mass is 32.1. The number of nitrogens with zero attached hydrogens (tertiary/aromatic N) is 5. The molecule has 0 spiro atoms. The smallest absolute Gasteiger partial charge is 0.417 e. The summed E-state index contributed by atoms with van der Waals surface area (Å²) < 4.78 is 103. The van der Waals surface area contributed by atoms with Crippen molar-refractivity contribution >= 4 is 48.9 Å². The molecule has 0 bridgehead atoms. The normalized spacial score (nSPS) is 23.2. The van der Waals surface area contributed by atoms with Crippen molar-refractivity contribution in [2.45, 2.75) is 69.1 Å². The minimum absolute atomic E-state index is 0.0643. The van der Waals surface area contributed by atoms with Gasteiger partial charge in [-0.1, -0.05) is 12.6 Å². The summed E-state index contributed by atoms with van der Waals surface area (Å²) in [5.74, 6) is -3.07. The summed E-state index contributed by atoms with van der Waals surface area (Å²) in [6.45, 7) is 15.7. The Morgan fingerprint density at radius 2 is 2.02 bits per heavy atom. The van der Waals surface area contributed by atoms with Gasteiger partial charge in [0.15, 0.2) is 5.82 Å². The van der Waals surface area contributed by atoms with Crippen LogP contribution < -0.4 is 15.2 Å². The Hall–Kier alpha value is -4.62. The third-order valence-corrected chi connectivity index (χ3v) is 11.4. The van der Waals surface area contributed by atoms with Crippen LogP contribution in [0.2, 0.25) is 0 Å². The number of alkyl halides is 4. The van der Waals surface area contributed by atoms with E-state index in [0.29, 0.717) is 30.4 Å². The molecule has 3 aliphatic rings. The van der Waals surface area contributed by atoms with Gasteiger partial charge in [-0.05, 0) is 57.0 Å². The molecule has 51 heavy (non-hydrogen) atoms. The number of amides is 1. The number of hydrogen-bond donors (Lipinski definition) is 1. The fraction of sp³-hybridized carbons (Fsp3) is 0.429. The second kappa shape index (κ2) is 12.3. The van der Waals surface area contributed by atoms with Crippen molar-refractivity contribution < 1.29 is 40.6 Å². The van der Waals surface area contributed by atoms with Crippen LogP contribution in [0.4, 0.5) is 37.0 Å². The van der Waals surface area contributed by atoms with E-state index in [1.807, 2.05) is 4.90 Å². The van der Waals surface area contributed by atoms with Crippen LogP contribution in [0.3, 0.4) is 0 Å². The molecule has 4 aromatic rings. The van der Waals surface area contributed by atoms with Crippen LogP contribution in [-0.2, 0) is 11.0 Å². The molecule has 2 N–H and O–H groups in total. The quantitative estimate of drug-likeness (QED) is 0.118. The number of thiophene rings is 1. The number of hydrogen-bond acceptors (Lipinski definition) is 8. The monoisotopic (exact) mass is 730 g/mol. The van der Waals surface area contributed by atoms with Gasteiger partial charge in [-0.3, -0.25) is 9.69 Å². The average molecular weight is 731 g/mol. The first-order chi connectivity index (χ1) is 24.1. The summed E-state index contributed by atoms with van der Waals surface area (Å²) in [5.41, 5.74) is 0.592. The fourth-order valence-corrected chi connectivity index (χ4v) is 8.80. The van der Waals surface area contributed by atoms with Gasteiger partial charge in [0.1, 0.15) is 30.2 Å². The molecule has 7 rings (SSSR count). The van der Waals surface area contributed by atoms with Gasteiger partial charge in [0.05, 0.1) is 38.3 Å². The zero-order chi connectivity index (χ0) is 36.6. The van der Waals surface area contributed by atoms with Crippen LogP contribution in [0.15, 0.2) is 30.9 Å². The van der Waals surface area contributed by atoms with Crippen LogP contribution in [0.5, 0.6) is 11.9 Å². The first kappa shape index (κ1) is 34.8. The Balaban J connectivity index is 1.43. The van der Waals surface area contributed by atoms with E-state index in [-0.39, 0.29) is 59.2 Å². The average Bonchev–Trinajstić information content (AvgIpc) is 3.79. The number of nitrogens with two attached hydrogens (primary N) is 1. The highest BCUT2D eigenvalue weighted by Gasteiger charge is 2.50. The molecule has 3 saturated heterocycles. The maximum atomic E-state index is 17.0. The molecule has 0 saturated carbocycles. The Morgan fingerprint density at radius 3 is 2.73 bits per heavy atom. The Kier molecular flexibility index (Phi) is 8.37. The Morgan fingerprint density at radius 1 is 1.25 bits per heavy atom. The third kappa shape index (κ3) is 5.61. The number of carbonyl (C=O) groups is 1. The van der Waals surface area contributed by atoms with Crippen molar-refractivity contribution in [2.24, 2.45) is 0 Å². The lowest BCUT2D eigenvalue weighted by molar-refractivity contribution is -0.137. The molecule has 2 aromatic carbocycles. The predicted octanol–water partition coefficient (Wildman–Crippen LogP) is 7.84. The zero-order valence-corrected chi connectivity index (χ0v) is 28.4. The van der Waals surface area contributed by atoms with E-state index in [1.165, 1.54) is 4.90 Å². The molecule has 1 amide bonds. The molecule has 0 radical (unpaired) electrons. The van der Waals surface area contributed by atoms with Gasteiger partial charge in [0.2, 0.25) is 17.5 Å². The first-order valence-corrected chi connectivity index (χ1v) is 17.0. The predicted molar refractivity (Wildman–Crippen MR) is 180 cm³/mol. The molecule has 3 aliphatic heterocycles. The van der Waals surface area contributed by atoms with Gasteiger partial charge in [0.25, 0.3) is 0 Å². The standard InChI is InChI=1S/C35H32F6N6O3S/c1-5-23(48)47-12-9-22(33(47,2)3)50-31-19-13-20(35(39,40)41)24(18-7-8-21(37)29-25(18)28(43-4)30(42)51-29)26(38)27(19)44-32(45-31)49-16-34-10-6-11-46(34)15-17(36)14-34/h5,7-8,13,17,22H,1,6,9-12,14-16,42H2,2-3H3/t17-,22?,34+/m1/s1. The minimum Gasteiger partial charge on any atom is -0.471 e. The van der Waals surface area contributed by atoms with Gasteiger partial charge in [-0.25, -0.2) is 18.0 Å². The minimum atomic E-state index is -5.16. The van der Waals surface area contributed by atoms with Crippen molar-refractivity contribution in [3.8, 4) is 23.0 Å². The Bertz CT molecular complexity index is 2150. The van der Waals surface area contributed by atoms with Crippen LogP contribution >= 0.6 is 11.3 Å². The van der Waals surface area contributed by atoms with Gasteiger partial charge in [-0.15, -0.1) is 11.3 Å². The van der Waals surface area contributed by atoms with Gasteiger partial charge in [-0.2, -0.15) is 23.1 Å². The topological polar surface area (TPSA) is 98.2 Å². The molecular weight excluding hydrogens is 698 g/mol. The van der Waals surface area contributed by atoms with Gasteiger partial charge in [0, 0.05) is 36.9 Å². The van der Waals surface area contributed by atoms with Crippen molar-refractivity contribution in [2.75, 3.05) is 32.0 Å². The number of benzene rings is 2. The maximum Gasteiger partial charge on any atom is 0.417 e. The van der Waals surface area contributed by atoms with E-state index >= 15 is 4.39 Å². The number of ether oxygens (including phenoxy) is 2. The molecule has 2 aromatic heterocycles. The van der Waals surface area contributed by atoms with Crippen LogP contribution in [0.25, 0.3) is 37.0 Å². The zero-order valence-electron chi connectivity index (χ0n) is 27.5. The van der Waals surface area contributed by atoms with Crippen molar-refractivity contribution in [3.63, 3.8) is 0 Å². The number of anilines is 1. The SMILES string of the molecule is [C-]#[N+]c1c(N)sc2c(F)ccc(-c3c(C(F)(F)F)cc4c(OC5CCN(C(=O)C=C)C5(C)C)nc(OC[C@@]56CCCN5C[C@H](F)C6)nc4c3F)c12. The summed E-state index contributed by atoms with van der Waals surface area (Å²) in [4.78, 5) is 28.0. The number of halogens is 6. The fourth-order valence-electron chi connectivity index (χ4n) is 7.87. The highest BCUT2D eigenvalue weighted by molar-refractivity contribution is 7.23. The van der Waals surface area contributed by atoms with E-state index in [2.05, 4.69) is 21.4 Å². The summed E-state index contributed by atoms with van der Waals surface area (Å²) in [6.07, 6.45) is -3.98. The van der Waals surface area contributed by atoms with Crippen LogP contribution in [0, 0.1) is 18.2 Å². The number of rotatable bonds is 7. The summed E-state index contributed by atoms with van der Waals surface area (Å²) >= 11 is 0.668. The molecule has 3 fully saturated rings. The van der Waals surface area contributed by atoms with Crippen molar-refractivity contribution in [1.82, 2.24) is 19.8 Å². The van der Waals surface area contributed by atoms with Gasteiger partial charge < -0.3 is 20.1 Å². The van der Waals surface area contributed by atoms with Crippen LogP contribution in [-0.4, -0.2) is 75.3 Å². The van der Waals surface area contributed by atoms with E-state index in [9.17, 15) is 26.7 Å². The molecular formula is C35H32F6N6O3S. The van der Waals surface area contributed by atoms with Gasteiger partial charge >= 0.3 is 12.2 Å². The molecule has 16 heteroatoms. The Labute approximate surface area is 292 Å². The van der Waals surface area contributed by atoms with E-state index in [4.69, 9.17) is 21.8 Å². The van der Waals surface area contributed by atoms with E-state index in [1.54, 1.807) is 13.8 Å². The maximum absolute atomic E-state index is 17.0. The highest BCUT2D eigenvalue weighted by Crippen LogP contribution is 2.51. The molecule has 9 nitrogen and oxygen atoms in total. The molecule has 3 atom stereocenters. The summed E-state index contributed by atoms with van der Waals surface area (Å²) in [7, 11) is 0. The second-order valence-electron chi connectivity index (χ2n) is 13.7. The van der Waals surface area contributed by atoms with E-state index in [0.717, 1.165) is 24.6 Å².